The van der Waals surface area contributed by atoms with Gasteiger partial charge in [-0.2, -0.15) is 0 Å². The van der Waals surface area contributed by atoms with Crippen molar-refractivity contribution in [3.8, 4) is 5.88 Å². The van der Waals surface area contributed by atoms with Crippen molar-refractivity contribution in [3.05, 3.63) is 12.1 Å². The molecule has 2 aromatic rings. The highest BCUT2D eigenvalue weighted by Gasteiger charge is 2.23. The molecule has 0 saturated heterocycles. The highest BCUT2D eigenvalue weighted by atomic mass is 16.5. The van der Waals surface area contributed by atoms with Crippen LogP contribution in [0.4, 0.5) is 0 Å². The lowest BCUT2D eigenvalue weighted by atomic mass is 10.3. The average molecular weight is 220 g/mol. The molecule has 2 atom stereocenters. The summed E-state index contributed by atoms with van der Waals surface area (Å²) in [6.45, 7) is 0. The maximum atomic E-state index is 5.81. The van der Waals surface area contributed by atoms with Crippen LogP contribution in [0.25, 0.3) is 5.65 Å². The topological polar surface area (TPSA) is 91.2 Å². The van der Waals surface area contributed by atoms with Crippen LogP contribution in [0.5, 0.6) is 5.88 Å². The Morgan fingerprint density at radius 1 is 1.38 bits per heavy atom. The van der Waals surface area contributed by atoms with E-state index in [1.807, 2.05) is 0 Å². The predicted octanol–water partition coefficient (Wildman–Crippen LogP) is -0.222. The number of nitrogens with zero attached hydrogens (tertiary/aromatic N) is 5. The Bertz CT molecular complexity index is 497. The first kappa shape index (κ1) is 9.46. The Balaban J connectivity index is 1.78. The number of ether oxygens (including phenoxy) is 1. The Kier molecular flexibility index (Phi) is 2.17. The number of hydrogen-bond acceptors (Lipinski definition) is 6. The van der Waals surface area contributed by atoms with Crippen LogP contribution in [0, 0.1) is 0 Å². The van der Waals surface area contributed by atoms with Crippen molar-refractivity contribution in [1.29, 1.82) is 0 Å². The van der Waals surface area contributed by atoms with Gasteiger partial charge in [0.25, 0.3) is 0 Å². The average Bonchev–Trinajstić information content (AvgIpc) is 2.87. The lowest BCUT2D eigenvalue weighted by molar-refractivity contribution is 0.196. The van der Waals surface area contributed by atoms with Crippen LogP contribution in [0.2, 0.25) is 0 Å². The first-order valence-corrected chi connectivity index (χ1v) is 5.29. The van der Waals surface area contributed by atoms with E-state index in [4.69, 9.17) is 10.5 Å². The zero-order valence-corrected chi connectivity index (χ0v) is 8.65. The number of fused-ring (bicyclic) bond motifs is 1. The fraction of sp³-hybridized carbons (Fsp3) is 0.556. The SMILES string of the molecule is NC1CCC(Oc2ccc3nnnn3n2)C1. The third kappa shape index (κ3) is 1.69. The molecule has 1 aliphatic rings. The second kappa shape index (κ2) is 3.67. The van der Waals surface area contributed by atoms with E-state index in [-0.39, 0.29) is 12.1 Å². The summed E-state index contributed by atoms with van der Waals surface area (Å²) >= 11 is 0. The molecule has 0 radical (unpaired) electrons. The fourth-order valence-electron chi connectivity index (χ4n) is 1.95. The maximum absolute atomic E-state index is 5.81. The summed E-state index contributed by atoms with van der Waals surface area (Å²) in [7, 11) is 0. The van der Waals surface area contributed by atoms with Crippen LogP contribution in [-0.4, -0.2) is 37.4 Å². The molecule has 1 aliphatic carbocycles. The Hall–Kier alpha value is -1.76. The van der Waals surface area contributed by atoms with Crippen LogP contribution in [0.3, 0.4) is 0 Å². The molecule has 7 nitrogen and oxygen atoms in total. The van der Waals surface area contributed by atoms with E-state index in [1.54, 1.807) is 12.1 Å². The first-order chi connectivity index (χ1) is 7.81. The van der Waals surface area contributed by atoms with E-state index in [0.717, 1.165) is 19.3 Å². The van der Waals surface area contributed by atoms with Crippen molar-refractivity contribution < 1.29 is 4.74 Å². The standard InChI is InChI=1S/C9H12N6O/c10-6-1-2-7(5-6)16-9-4-3-8-11-13-14-15(8)12-9/h3-4,6-7H,1-2,5,10H2. The molecule has 0 spiro atoms. The van der Waals surface area contributed by atoms with E-state index < -0.39 is 0 Å². The van der Waals surface area contributed by atoms with Crippen molar-refractivity contribution in [1.82, 2.24) is 25.3 Å². The monoisotopic (exact) mass is 220 g/mol. The zero-order chi connectivity index (χ0) is 11.0. The fourth-order valence-corrected chi connectivity index (χ4v) is 1.95. The smallest absolute Gasteiger partial charge is 0.233 e. The van der Waals surface area contributed by atoms with Crippen molar-refractivity contribution >= 4 is 5.65 Å². The molecular formula is C9H12N6O. The molecule has 0 aromatic carbocycles. The molecule has 84 valence electrons. The zero-order valence-electron chi connectivity index (χ0n) is 8.65. The molecule has 3 rings (SSSR count). The maximum Gasteiger partial charge on any atom is 0.233 e. The Morgan fingerprint density at radius 2 is 2.31 bits per heavy atom. The van der Waals surface area contributed by atoms with Crippen molar-refractivity contribution in [2.75, 3.05) is 0 Å². The molecule has 1 saturated carbocycles. The van der Waals surface area contributed by atoms with Gasteiger partial charge >= 0.3 is 0 Å². The van der Waals surface area contributed by atoms with Crippen LogP contribution in [-0.2, 0) is 0 Å². The highest BCUT2D eigenvalue weighted by Crippen LogP contribution is 2.22. The molecule has 2 heterocycles. The van der Waals surface area contributed by atoms with Crippen LogP contribution in [0.15, 0.2) is 12.1 Å². The van der Waals surface area contributed by atoms with Gasteiger partial charge in [0.05, 0.1) is 0 Å². The Morgan fingerprint density at radius 3 is 3.12 bits per heavy atom. The molecular weight excluding hydrogens is 208 g/mol. The molecule has 2 unspecified atom stereocenters. The summed E-state index contributed by atoms with van der Waals surface area (Å²) in [6, 6.07) is 3.80. The van der Waals surface area contributed by atoms with Gasteiger partial charge in [-0.3, -0.25) is 0 Å². The third-order valence-corrected chi connectivity index (χ3v) is 2.76. The molecule has 16 heavy (non-hydrogen) atoms. The van der Waals surface area contributed by atoms with Gasteiger partial charge in [-0.1, -0.05) is 0 Å². The van der Waals surface area contributed by atoms with Crippen molar-refractivity contribution in [3.63, 3.8) is 0 Å². The van der Waals surface area contributed by atoms with E-state index >= 15 is 0 Å². The minimum Gasteiger partial charge on any atom is -0.473 e. The van der Waals surface area contributed by atoms with Crippen molar-refractivity contribution in [2.24, 2.45) is 5.73 Å². The minimum absolute atomic E-state index is 0.163. The molecule has 2 N–H and O–H groups in total. The number of hydrogen-bond donors (Lipinski definition) is 1. The lowest BCUT2D eigenvalue weighted by Crippen LogP contribution is -2.19. The number of aromatic nitrogens is 5. The third-order valence-electron chi connectivity index (χ3n) is 2.76. The minimum atomic E-state index is 0.163. The van der Waals surface area contributed by atoms with Gasteiger partial charge in [0.15, 0.2) is 5.65 Å². The van der Waals surface area contributed by atoms with Crippen molar-refractivity contribution in [2.45, 2.75) is 31.4 Å². The van der Waals surface area contributed by atoms with Crippen LogP contribution in [0.1, 0.15) is 19.3 Å². The molecule has 7 heteroatoms. The van der Waals surface area contributed by atoms with Gasteiger partial charge in [0.1, 0.15) is 6.10 Å². The van der Waals surface area contributed by atoms with Crippen LogP contribution >= 0.6 is 0 Å². The summed E-state index contributed by atoms with van der Waals surface area (Å²) < 4.78 is 7.07. The van der Waals surface area contributed by atoms with E-state index in [0.29, 0.717) is 11.5 Å². The van der Waals surface area contributed by atoms with Crippen LogP contribution < -0.4 is 10.5 Å². The predicted molar refractivity (Wildman–Crippen MR) is 54.8 cm³/mol. The first-order valence-electron chi connectivity index (χ1n) is 5.29. The second-order valence-corrected chi connectivity index (χ2v) is 4.01. The number of rotatable bonds is 2. The number of nitrogens with two attached hydrogens (primary N) is 1. The lowest BCUT2D eigenvalue weighted by Gasteiger charge is -2.11. The Labute approximate surface area is 91.6 Å². The molecule has 0 aliphatic heterocycles. The molecule has 1 fully saturated rings. The van der Waals surface area contributed by atoms with Gasteiger partial charge in [-0.05, 0) is 35.8 Å². The van der Waals surface area contributed by atoms with Gasteiger partial charge < -0.3 is 10.5 Å². The summed E-state index contributed by atoms with van der Waals surface area (Å²) in [5.41, 5.74) is 6.42. The quantitative estimate of drug-likeness (QED) is 0.752. The highest BCUT2D eigenvalue weighted by molar-refractivity contribution is 5.34. The van der Waals surface area contributed by atoms with Gasteiger partial charge in [-0.15, -0.1) is 14.8 Å². The summed E-state index contributed by atoms with van der Waals surface area (Å²) in [4.78, 5) is 0. The van der Waals surface area contributed by atoms with Gasteiger partial charge in [-0.25, -0.2) is 0 Å². The second-order valence-electron chi connectivity index (χ2n) is 4.01. The molecule has 0 bridgehead atoms. The van der Waals surface area contributed by atoms with Gasteiger partial charge in [0, 0.05) is 12.1 Å². The molecule has 2 aromatic heterocycles. The normalized spacial score (nSPS) is 25.1. The number of tetrazole rings is 1. The molecule has 0 amide bonds. The van der Waals surface area contributed by atoms with E-state index in [1.165, 1.54) is 4.63 Å². The van der Waals surface area contributed by atoms with Gasteiger partial charge in [0.2, 0.25) is 5.88 Å². The summed E-state index contributed by atoms with van der Waals surface area (Å²) in [6.07, 6.45) is 3.04. The largest absolute Gasteiger partial charge is 0.473 e. The van der Waals surface area contributed by atoms with E-state index in [9.17, 15) is 0 Å². The summed E-state index contributed by atoms with van der Waals surface area (Å²) in [5.74, 6) is 0.541. The van der Waals surface area contributed by atoms with E-state index in [2.05, 4.69) is 20.6 Å². The summed E-state index contributed by atoms with van der Waals surface area (Å²) in [5, 5.41) is 15.1.